The molecule has 1 heterocycles. The topological polar surface area (TPSA) is 42.6 Å². The van der Waals surface area contributed by atoms with Crippen molar-refractivity contribution >= 4 is 22.6 Å². The molecule has 0 aliphatic heterocycles. The van der Waals surface area contributed by atoms with Gasteiger partial charge < -0.3 is 14.3 Å². The third kappa shape index (κ3) is 2.01. The number of halogens is 1. The van der Waals surface area contributed by atoms with Crippen molar-refractivity contribution in [3.63, 3.8) is 0 Å². The van der Waals surface area contributed by atoms with E-state index in [1.165, 1.54) is 0 Å². The lowest BCUT2D eigenvalue weighted by Crippen LogP contribution is -2.00. The Morgan fingerprint density at radius 3 is 2.76 bits per heavy atom. The van der Waals surface area contributed by atoms with E-state index in [0.717, 1.165) is 16.7 Å². The molecular formula is C13H15ClO3. The fourth-order valence-corrected chi connectivity index (χ4v) is 2.28. The van der Waals surface area contributed by atoms with Gasteiger partial charge in [-0.1, -0.05) is 18.5 Å². The van der Waals surface area contributed by atoms with Crippen LogP contribution in [0, 0.1) is 6.92 Å². The van der Waals surface area contributed by atoms with Gasteiger partial charge in [0, 0.05) is 17.9 Å². The molecule has 0 radical (unpaired) electrons. The summed E-state index contributed by atoms with van der Waals surface area (Å²) in [6.07, 6.45) is 0. The van der Waals surface area contributed by atoms with Gasteiger partial charge in [0.25, 0.3) is 0 Å². The second-order valence-corrected chi connectivity index (χ2v) is 4.54. The number of ether oxygens (including phenoxy) is 1. The first-order chi connectivity index (χ1) is 8.08. The third-order valence-corrected chi connectivity index (χ3v) is 3.30. The number of fused-ring (bicyclic) bond motifs is 1. The zero-order valence-electron chi connectivity index (χ0n) is 10.1. The van der Waals surface area contributed by atoms with Crippen molar-refractivity contribution in [1.29, 1.82) is 0 Å². The molecule has 0 aliphatic carbocycles. The molecule has 2 rings (SSSR count). The van der Waals surface area contributed by atoms with Crippen LogP contribution in [-0.2, 0) is 0 Å². The summed E-state index contributed by atoms with van der Waals surface area (Å²) in [5, 5.41) is 10.7. The molecule has 1 aromatic heterocycles. The molecule has 0 fully saturated rings. The van der Waals surface area contributed by atoms with Gasteiger partial charge in [0.05, 0.1) is 12.1 Å². The lowest BCUT2D eigenvalue weighted by molar-refractivity contribution is 0.273. The number of furan rings is 1. The highest BCUT2D eigenvalue weighted by atomic mass is 35.5. The molecule has 0 amide bonds. The lowest BCUT2D eigenvalue weighted by atomic mass is 10.00. The summed E-state index contributed by atoms with van der Waals surface area (Å²) >= 11 is 6.33. The summed E-state index contributed by atoms with van der Waals surface area (Å²) in [7, 11) is 1.59. The van der Waals surface area contributed by atoms with Crippen LogP contribution in [0.1, 0.15) is 24.2 Å². The first-order valence-corrected chi connectivity index (χ1v) is 5.83. The summed E-state index contributed by atoms with van der Waals surface area (Å²) in [4.78, 5) is 0. The van der Waals surface area contributed by atoms with Gasteiger partial charge in [-0.3, -0.25) is 0 Å². The standard InChI is InChI=1S/C13H15ClO3/c1-7(6-15)9-5-11(16-3)13-10(12(9)14)4-8(2)17-13/h4-5,7,15H,6H2,1-3H3. The van der Waals surface area contributed by atoms with Crippen molar-refractivity contribution in [2.45, 2.75) is 19.8 Å². The summed E-state index contributed by atoms with van der Waals surface area (Å²) in [6.45, 7) is 3.83. The van der Waals surface area contributed by atoms with E-state index in [2.05, 4.69) is 0 Å². The van der Waals surface area contributed by atoms with Crippen LogP contribution in [-0.4, -0.2) is 18.8 Å². The first-order valence-electron chi connectivity index (χ1n) is 5.45. The lowest BCUT2D eigenvalue weighted by Gasteiger charge is -2.13. The number of methoxy groups -OCH3 is 1. The average Bonchev–Trinajstić information content (AvgIpc) is 2.71. The van der Waals surface area contributed by atoms with Crippen molar-refractivity contribution in [3.8, 4) is 5.75 Å². The summed E-state index contributed by atoms with van der Waals surface area (Å²) < 4.78 is 10.9. The number of benzene rings is 1. The third-order valence-electron chi connectivity index (χ3n) is 2.88. The normalized spacial score (nSPS) is 13.0. The quantitative estimate of drug-likeness (QED) is 0.912. The van der Waals surface area contributed by atoms with E-state index in [-0.39, 0.29) is 12.5 Å². The fraction of sp³-hybridized carbons (Fsp3) is 0.385. The van der Waals surface area contributed by atoms with Crippen LogP contribution in [0.4, 0.5) is 0 Å². The Kier molecular flexibility index (Phi) is 3.31. The SMILES string of the molecule is COc1cc(C(C)CO)c(Cl)c2cc(C)oc12. The molecular weight excluding hydrogens is 240 g/mol. The molecule has 0 bridgehead atoms. The molecule has 0 saturated carbocycles. The van der Waals surface area contributed by atoms with Crippen LogP contribution in [0.2, 0.25) is 5.02 Å². The molecule has 2 aromatic rings. The number of hydrogen-bond acceptors (Lipinski definition) is 3. The molecule has 92 valence electrons. The average molecular weight is 255 g/mol. The van der Waals surface area contributed by atoms with E-state index in [9.17, 15) is 5.11 Å². The monoisotopic (exact) mass is 254 g/mol. The molecule has 1 atom stereocenters. The molecule has 3 nitrogen and oxygen atoms in total. The summed E-state index contributed by atoms with van der Waals surface area (Å²) in [6, 6.07) is 3.71. The van der Waals surface area contributed by atoms with Gasteiger partial charge >= 0.3 is 0 Å². The molecule has 17 heavy (non-hydrogen) atoms. The van der Waals surface area contributed by atoms with Gasteiger partial charge in [0.1, 0.15) is 5.76 Å². The highest BCUT2D eigenvalue weighted by Crippen LogP contribution is 2.39. The predicted molar refractivity (Wildman–Crippen MR) is 68.0 cm³/mol. The van der Waals surface area contributed by atoms with Crippen LogP contribution < -0.4 is 4.74 Å². The highest BCUT2D eigenvalue weighted by molar-refractivity contribution is 6.36. The first kappa shape index (κ1) is 12.3. The smallest absolute Gasteiger partial charge is 0.177 e. The number of hydrogen-bond donors (Lipinski definition) is 1. The number of aliphatic hydroxyl groups excluding tert-OH is 1. The van der Waals surface area contributed by atoms with Crippen molar-refractivity contribution < 1.29 is 14.3 Å². The Morgan fingerprint density at radius 2 is 2.18 bits per heavy atom. The van der Waals surface area contributed by atoms with E-state index in [4.69, 9.17) is 20.8 Å². The van der Waals surface area contributed by atoms with E-state index in [1.54, 1.807) is 7.11 Å². The van der Waals surface area contributed by atoms with Gasteiger partial charge in [0.2, 0.25) is 0 Å². The largest absolute Gasteiger partial charge is 0.493 e. The second kappa shape index (κ2) is 4.59. The van der Waals surface area contributed by atoms with Crippen LogP contribution in [0.15, 0.2) is 16.5 Å². The molecule has 1 N–H and O–H groups in total. The maximum Gasteiger partial charge on any atom is 0.177 e. The minimum absolute atomic E-state index is 0.0315. The number of aliphatic hydroxyl groups is 1. The summed E-state index contributed by atoms with van der Waals surface area (Å²) in [5.74, 6) is 1.40. The van der Waals surface area contributed by atoms with Gasteiger partial charge in [0.15, 0.2) is 11.3 Å². The Balaban J connectivity index is 2.75. The Hall–Kier alpha value is -1.19. The zero-order valence-corrected chi connectivity index (χ0v) is 10.8. The van der Waals surface area contributed by atoms with Crippen molar-refractivity contribution in [3.05, 3.63) is 28.5 Å². The van der Waals surface area contributed by atoms with E-state index < -0.39 is 0 Å². The Labute approximate surface area is 105 Å². The van der Waals surface area contributed by atoms with Gasteiger partial charge in [-0.05, 0) is 24.6 Å². The second-order valence-electron chi connectivity index (χ2n) is 4.17. The van der Waals surface area contributed by atoms with Gasteiger partial charge in [-0.25, -0.2) is 0 Å². The minimum Gasteiger partial charge on any atom is -0.493 e. The molecule has 1 unspecified atom stereocenters. The van der Waals surface area contributed by atoms with Crippen LogP contribution >= 0.6 is 11.6 Å². The number of aryl methyl sites for hydroxylation is 1. The predicted octanol–water partition coefficient (Wildman–Crippen LogP) is 3.50. The van der Waals surface area contributed by atoms with E-state index in [0.29, 0.717) is 16.4 Å². The minimum atomic E-state index is -0.0315. The Bertz CT molecular complexity index is 545. The maximum absolute atomic E-state index is 9.23. The maximum atomic E-state index is 9.23. The zero-order chi connectivity index (χ0) is 12.6. The molecule has 4 heteroatoms. The molecule has 0 aliphatic rings. The summed E-state index contributed by atoms with van der Waals surface area (Å²) in [5.41, 5.74) is 1.53. The fourth-order valence-electron chi connectivity index (χ4n) is 1.89. The van der Waals surface area contributed by atoms with Gasteiger partial charge in [-0.2, -0.15) is 0 Å². The van der Waals surface area contributed by atoms with Crippen molar-refractivity contribution in [2.75, 3.05) is 13.7 Å². The van der Waals surface area contributed by atoms with Crippen molar-refractivity contribution in [1.82, 2.24) is 0 Å². The molecule has 0 saturated heterocycles. The molecule has 0 spiro atoms. The van der Waals surface area contributed by atoms with Crippen LogP contribution in [0.5, 0.6) is 5.75 Å². The van der Waals surface area contributed by atoms with E-state index in [1.807, 2.05) is 26.0 Å². The van der Waals surface area contributed by atoms with Crippen molar-refractivity contribution in [2.24, 2.45) is 0 Å². The molecule has 1 aromatic carbocycles. The highest BCUT2D eigenvalue weighted by Gasteiger charge is 2.18. The number of rotatable bonds is 3. The van der Waals surface area contributed by atoms with E-state index >= 15 is 0 Å². The van der Waals surface area contributed by atoms with Crippen LogP contribution in [0.3, 0.4) is 0 Å². The van der Waals surface area contributed by atoms with Gasteiger partial charge in [-0.15, -0.1) is 0 Å². The Morgan fingerprint density at radius 1 is 1.47 bits per heavy atom. The van der Waals surface area contributed by atoms with Crippen LogP contribution in [0.25, 0.3) is 11.0 Å².